The fraction of sp³-hybridized carbons (Fsp3) is 1.00. The van der Waals surface area contributed by atoms with E-state index in [1.54, 1.807) is 0 Å². The highest BCUT2D eigenvalue weighted by Gasteiger charge is 2.25. The van der Waals surface area contributed by atoms with Crippen molar-refractivity contribution in [3.05, 3.63) is 0 Å². The van der Waals surface area contributed by atoms with Gasteiger partial charge in [0.05, 0.1) is 9.16 Å². The Bertz CT molecular complexity index is 146. The van der Waals surface area contributed by atoms with Crippen molar-refractivity contribution in [3.8, 4) is 0 Å². The molecule has 1 aliphatic heterocycles. The van der Waals surface area contributed by atoms with Crippen LogP contribution in [0.3, 0.4) is 0 Å². The molecule has 0 aromatic carbocycles. The largest absolute Gasteiger partial charge is 0.165 e. The van der Waals surface area contributed by atoms with Crippen molar-refractivity contribution in [1.29, 1.82) is 0 Å². The van der Waals surface area contributed by atoms with Crippen LogP contribution < -0.4 is 0 Å². The van der Waals surface area contributed by atoms with E-state index in [1.165, 1.54) is 11.5 Å². The fourth-order valence-corrected chi connectivity index (χ4v) is 7.62. The van der Waals surface area contributed by atoms with Crippen LogP contribution in [0.25, 0.3) is 0 Å². The predicted molar refractivity (Wildman–Crippen MR) is 84.3 cm³/mol. The van der Waals surface area contributed by atoms with Crippen LogP contribution in [-0.4, -0.2) is 23.4 Å². The van der Waals surface area contributed by atoms with Crippen molar-refractivity contribution in [3.63, 3.8) is 0 Å². The van der Waals surface area contributed by atoms with Crippen molar-refractivity contribution in [2.75, 3.05) is 5.08 Å². The summed E-state index contributed by atoms with van der Waals surface area (Å²) in [7, 11) is 0. The standard InChI is InChI=1S/C8H16S6/c1-5(9)13-8(14-6(2)10)3-7-11-4-12-7/h5-10H,3-4H2,1-2H3. The molecule has 0 aliphatic carbocycles. The smallest absolute Gasteiger partial charge is 0.0542 e. The van der Waals surface area contributed by atoms with Crippen LogP contribution in [0.15, 0.2) is 0 Å². The van der Waals surface area contributed by atoms with Gasteiger partial charge in [-0.25, -0.2) is 0 Å². The molecule has 0 amide bonds. The highest BCUT2D eigenvalue weighted by atomic mass is 32.3. The Labute approximate surface area is 115 Å². The molecule has 0 aromatic rings. The highest BCUT2D eigenvalue weighted by Crippen LogP contribution is 2.46. The van der Waals surface area contributed by atoms with E-state index in [0.29, 0.717) is 13.7 Å². The Kier molecular flexibility index (Phi) is 7.52. The molecule has 0 N–H and O–H groups in total. The van der Waals surface area contributed by atoms with Crippen LogP contribution in [0.1, 0.15) is 20.3 Å². The van der Waals surface area contributed by atoms with Crippen molar-refractivity contribution in [2.24, 2.45) is 0 Å². The number of hydrogen-bond acceptors (Lipinski definition) is 6. The molecule has 0 spiro atoms. The number of thioether (sulfide) groups is 4. The Morgan fingerprint density at radius 1 is 1.21 bits per heavy atom. The van der Waals surface area contributed by atoms with Crippen LogP contribution in [-0.2, 0) is 0 Å². The lowest BCUT2D eigenvalue weighted by molar-refractivity contribution is 1.02. The predicted octanol–water partition coefficient (Wildman–Crippen LogP) is 4.48. The number of hydrogen-bond donors (Lipinski definition) is 2. The lowest BCUT2D eigenvalue weighted by Crippen LogP contribution is -2.15. The van der Waals surface area contributed by atoms with Gasteiger partial charge in [-0.05, 0) is 20.3 Å². The average Bonchev–Trinajstić information content (AvgIpc) is 1.94. The van der Waals surface area contributed by atoms with E-state index in [0.717, 1.165) is 4.58 Å². The molecular formula is C8H16S6. The summed E-state index contributed by atoms with van der Waals surface area (Å²) in [6, 6.07) is 0. The topological polar surface area (TPSA) is 0 Å². The third-order valence-corrected chi connectivity index (χ3v) is 7.80. The fourth-order valence-electron chi connectivity index (χ4n) is 1.04. The van der Waals surface area contributed by atoms with Gasteiger partial charge in [0, 0.05) is 14.2 Å². The van der Waals surface area contributed by atoms with Gasteiger partial charge < -0.3 is 0 Å². The molecule has 1 rings (SSSR count). The lowest BCUT2D eigenvalue weighted by Gasteiger charge is -2.29. The minimum atomic E-state index is 0.426. The van der Waals surface area contributed by atoms with Gasteiger partial charge in [0.1, 0.15) is 0 Å². The summed E-state index contributed by atoms with van der Waals surface area (Å²) in [4.78, 5) is 0. The molecule has 2 unspecified atom stereocenters. The third-order valence-electron chi connectivity index (χ3n) is 1.59. The normalized spacial score (nSPS) is 24.0. The molecular weight excluding hydrogens is 288 g/mol. The maximum Gasteiger partial charge on any atom is 0.0542 e. The molecule has 1 aliphatic rings. The molecule has 1 saturated heterocycles. The molecule has 0 bridgehead atoms. The van der Waals surface area contributed by atoms with Gasteiger partial charge in [0.2, 0.25) is 0 Å². The summed E-state index contributed by atoms with van der Waals surface area (Å²) >= 11 is 16.9. The van der Waals surface area contributed by atoms with Crippen molar-refractivity contribution >= 4 is 72.3 Å². The monoisotopic (exact) mass is 304 g/mol. The maximum absolute atomic E-state index is 4.44. The van der Waals surface area contributed by atoms with Crippen LogP contribution in [0.4, 0.5) is 0 Å². The molecule has 1 heterocycles. The Morgan fingerprint density at radius 3 is 2.00 bits per heavy atom. The maximum atomic E-state index is 4.44. The minimum absolute atomic E-state index is 0.426. The first-order valence-corrected chi connectivity index (χ1v) is 9.50. The van der Waals surface area contributed by atoms with E-state index < -0.39 is 0 Å². The van der Waals surface area contributed by atoms with Gasteiger partial charge in [-0.1, -0.05) is 0 Å². The number of rotatable bonds is 6. The van der Waals surface area contributed by atoms with Crippen molar-refractivity contribution < 1.29 is 0 Å². The molecule has 0 saturated carbocycles. The Morgan fingerprint density at radius 2 is 1.71 bits per heavy atom. The summed E-state index contributed by atoms with van der Waals surface area (Å²) in [6.45, 7) is 4.29. The SMILES string of the molecule is CC(S)SC(CC1SCS1)SC(C)S. The van der Waals surface area contributed by atoms with E-state index in [1.807, 2.05) is 23.5 Å². The average molecular weight is 305 g/mol. The first-order chi connectivity index (χ1) is 6.58. The second-order valence-corrected chi connectivity index (χ2v) is 11.7. The Balaban J connectivity index is 2.26. The first kappa shape index (κ1) is 14.2. The summed E-state index contributed by atoms with van der Waals surface area (Å²) in [5.41, 5.74) is 0. The van der Waals surface area contributed by atoms with Crippen LogP contribution in [0.5, 0.6) is 0 Å². The molecule has 6 heteroatoms. The molecule has 1 fully saturated rings. The van der Waals surface area contributed by atoms with E-state index >= 15 is 0 Å². The van der Waals surface area contributed by atoms with Crippen molar-refractivity contribution in [2.45, 2.75) is 38.6 Å². The zero-order valence-electron chi connectivity index (χ0n) is 8.25. The number of thiol groups is 2. The molecule has 0 aromatic heterocycles. The van der Waals surface area contributed by atoms with Gasteiger partial charge >= 0.3 is 0 Å². The third kappa shape index (κ3) is 5.99. The van der Waals surface area contributed by atoms with Crippen LogP contribution >= 0.6 is 72.3 Å². The second kappa shape index (κ2) is 7.43. The van der Waals surface area contributed by atoms with Gasteiger partial charge in [-0.3, -0.25) is 0 Å². The van der Waals surface area contributed by atoms with Gasteiger partial charge in [-0.15, -0.1) is 47.0 Å². The van der Waals surface area contributed by atoms with Gasteiger partial charge in [0.15, 0.2) is 0 Å². The van der Waals surface area contributed by atoms with Gasteiger partial charge in [-0.2, -0.15) is 25.3 Å². The summed E-state index contributed by atoms with van der Waals surface area (Å²) in [6.07, 6.45) is 1.28. The van der Waals surface area contributed by atoms with E-state index in [-0.39, 0.29) is 0 Å². The summed E-state index contributed by atoms with van der Waals surface area (Å²) in [5.74, 6) is 0. The zero-order valence-corrected chi connectivity index (χ0v) is 13.3. The van der Waals surface area contributed by atoms with Crippen LogP contribution in [0.2, 0.25) is 0 Å². The first-order valence-electron chi connectivity index (χ1n) is 4.48. The van der Waals surface area contributed by atoms with E-state index in [9.17, 15) is 0 Å². The highest BCUT2D eigenvalue weighted by molar-refractivity contribution is 8.32. The zero-order chi connectivity index (χ0) is 10.6. The van der Waals surface area contributed by atoms with E-state index in [4.69, 9.17) is 0 Å². The molecule has 0 radical (unpaired) electrons. The van der Waals surface area contributed by atoms with E-state index in [2.05, 4.69) is 62.6 Å². The molecule has 2 atom stereocenters. The quantitative estimate of drug-likeness (QED) is 0.548. The lowest BCUT2D eigenvalue weighted by atomic mass is 10.5. The van der Waals surface area contributed by atoms with Crippen LogP contribution in [0, 0.1) is 0 Å². The summed E-state index contributed by atoms with van der Waals surface area (Å²) in [5, 5.41) is 1.28. The minimum Gasteiger partial charge on any atom is -0.165 e. The van der Waals surface area contributed by atoms with Crippen molar-refractivity contribution in [1.82, 2.24) is 0 Å². The van der Waals surface area contributed by atoms with Gasteiger partial charge in [0.25, 0.3) is 0 Å². The Hall–Kier alpha value is 2.10. The summed E-state index contributed by atoms with van der Waals surface area (Å²) < 4.78 is 2.32. The molecule has 84 valence electrons. The molecule has 14 heavy (non-hydrogen) atoms. The molecule has 0 nitrogen and oxygen atoms in total. The second-order valence-electron chi connectivity index (χ2n) is 3.02.